The molecule has 1 aromatic rings. The number of nitrogens with zero attached hydrogens (tertiary/aromatic N) is 2. The third-order valence-corrected chi connectivity index (χ3v) is 2.41. The Kier molecular flexibility index (Phi) is 4.18. The number of aliphatic hydroxyl groups excluding tert-OH is 1. The normalized spacial score (nSPS) is 12.2. The Balaban J connectivity index is 3.18. The largest absolute Gasteiger partial charge is 0.388 e. The maximum Gasteiger partial charge on any atom is 0.275 e. The molecule has 0 aliphatic carbocycles. The molecule has 1 atom stereocenters. The fourth-order valence-electron chi connectivity index (χ4n) is 1.63. The molecular formula is C12H14N2O3. The second-order valence-corrected chi connectivity index (χ2v) is 4.29. The maximum atomic E-state index is 10.8. The van der Waals surface area contributed by atoms with Gasteiger partial charge in [-0.05, 0) is 24.5 Å². The van der Waals surface area contributed by atoms with Crippen molar-refractivity contribution in [2.24, 2.45) is 5.92 Å². The van der Waals surface area contributed by atoms with Gasteiger partial charge in [0.1, 0.15) is 0 Å². The molecule has 90 valence electrons. The fraction of sp³-hybridized carbons (Fsp3) is 0.417. The van der Waals surface area contributed by atoms with Gasteiger partial charge in [-0.25, -0.2) is 0 Å². The summed E-state index contributed by atoms with van der Waals surface area (Å²) in [6.07, 6.45) is -0.487. The van der Waals surface area contributed by atoms with Gasteiger partial charge in [-0.3, -0.25) is 10.1 Å². The lowest BCUT2D eigenvalue weighted by atomic mass is 9.97. The van der Waals surface area contributed by atoms with Crippen LogP contribution in [0.25, 0.3) is 0 Å². The van der Waals surface area contributed by atoms with E-state index in [2.05, 4.69) is 0 Å². The quantitative estimate of drug-likeness (QED) is 0.640. The summed E-state index contributed by atoms with van der Waals surface area (Å²) in [6, 6.07) is 5.93. The SMILES string of the molecule is CC(C)CC(O)c1cc(C#N)ccc1[N+](=O)[O-]. The average molecular weight is 234 g/mol. The Morgan fingerprint density at radius 3 is 2.65 bits per heavy atom. The van der Waals surface area contributed by atoms with Crippen LogP contribution in [0.5, 0.6) is 0 Å². The van der Waals surface area contributed by atoms with Gasteiger partial charge in [0.25, 0.3) is 5.69 Å². The third kappa shape index (κ3) is 3.26. The predicted molar refractivity (Wildman–Crippen MR) is 62.2 cm³/mol. The summed E-state index contributed by atoms with van der Waals surface area (Å²) < 4.78 is 0. The number of aliphatic hydroxyl groups is 1. The smallest absolute Gasteiger partial charge is 0.275 e. The van der Waals surface area contributed by atoms with Crippen LogP contribution in [0.1, 0.15) is 37.5 Å². The van der Waals surface area contributed by atoms with Crippen molar-refractivity contribution in [3.8, 4) is 6.07 Å². The Labute approximate surface area is 99.5 Å². The predicted octanol–water partition coefficient (Wildman–Crippen LogP) is 2.55. The second-order valence-electron chi connectivity index (χ2n) is 4.29. The summed E-state index contributed by atoms with van der Waals surface area (Å²) in [5, 5.41) is 29.5. The first-order chi connectivity index (χ1) is 7.95. The van der Waals surface area contributed by atoms with E-state index in [1.165, 1.54) is 18.2 Å². The number of rotatable bonds is 4. The lowest BCUT2D eigenvalue weighted by Gasteiger charge is -2.13. The van der Waals surface area contributed by atoms with Gasteiger partial charge in [0.15, 0.2) is 0 Å². The van der Waals surface area contributed by atoms with Gasteiger partial charge in [-0.1, -0.05) is 13.8 Å². The molecule has 0 fully saturated rings. The van der Waals surface area contributed by atoms with Gasteiger partial charge in [-0.15, -0.1) is 0 Å². The monoisotopic (exact) mass is 234 g/mol. The Bertz CT molecular complexity index is 463. The lowest BCUT2D eigenvalue weighted by Crippen LogP contribution is -2.05. The number of hydrogen-bond acceptors (Lipinski definition) is 4. The molecule has 0 radical (unpaired) electrons. The zero-order valence-corrected chi connectivity index (χ0v) is 9.75. The van der Waals surface area contributed by atoms with Crippen LogP contribution in [0.15, 0.2) is 18.2 Å². The number of nitriles is 1. The highest BCUT2D eigenvalue weighted by atomic mass is 16.6. The topological polar surface area (TPSA) is 87.2 Å². The molecule has 0 aromatic heterocycles. The number of nitro groups is 1. The minimum atomic E-state index is -0.913. The van der Waals surface area contributed by atoms with Crippen molar-refractivity contribution in [2.75, 3.05) is 0 Å². The molecule has 1 N–H and O–H groups in total. The standard InChI is InChI=1S/C12H14N2O3/c1-8(2)5-12(15)10-6-9(7-13)3-4-11(10)14(16)17/h3-4,6,8,12,15H,5H2,1-2H3. The van der Waals surface area contributed by atoms with Crippen LogP contribution < -0.4 is 0 Å². The number of nitro benzene ring substituents is 1. The summed E-state index contributed by atoms with van der Waals surface area (Å²) in [5.41, 5.74) is 0.383. The van der Waals surface area contributed by atoms with E-state index >= 15 is 0 Å². The molecule has 0 saturated carbocycles. The molecule has 0 heterocycles. The average Bonchev–Trinajstić information content (AvgIpc) is 2.27. The fourth-order valence-corrected chi connectivity index (χ4v) is 1.63. The zero-order chi connectivity index (χ0) is 13.0. The van der Waals surface area contributed by atoms with E-state index in [1.54, 1.807) is 0 Å². The van der Waals surface area contributed by atoms with E-state index in [9.17, 15) is 15.2 Å². The van der Waals surface area contributed by atoms with Crippen molar-refractivity contribution >= 4 is 5.69 Å². The first-order valence-corrected chi connectivity index (χ1v) is 5.32. The molecule has 1 rings (SSSR count). The van der Waals surface area contributed by atoms with Gasteiger partial charge in [0.05, 0.1) is 28.2 Å². The van der Waals surface area contributed by atoms with E-state index in [0.717, 1.165) is 0 Å². The van der Waals surface area contributed by atoms with Crippen LogP contribution in [0.4, 0.5) is 5.69 Å². The molecule has 1 unspecified atom stereocenters. The van der Waals surface area contributed by atoms with E-state index < -0.39 is 11.0 Å². The zero-order valence-electron chi connectivity index (χ0n) is 9.75. The van der Waals surface area contributed by atoms with Crippen LogP contribution in [0.3, 0.4) is 0 Å². The first-order valence-electron chi connectivity index (χ1n) is 5.32. The van der Waals surface area contributed by atoms with Crippen molar-refractivity contribution in [3.05, 3.63) is 39.4 Å². The van der Waals surface area contributed by atoms with Crippen LogP contribution in [0, 0.1) is 27.4 Å². The molecular weight excluding hydrogens is 220 g/mol. The molecule has 0 bridgehead atoms. The van der Waals surface area contributed by atoms with E-state index in [4.69, 9.17) is 5.26 Å². The number of hydrogen-bond donors (Lipinski definition) is 1. The molecule has 0 aliphatic rings. The highest BCUT2D eigenvalue weighted by molar-refractivity contribution is 5.47. The van der Waals surface area contributed by atoms with Crippen molar-refractivity contribution in [3.63, 3.8) is 0 Å². The molecule has 0 aliphatic heterocycles. The summed E-state index contributed by atoms with van der Waals surface area (Å²) in [4.78, 5) is 10.3. The van der Waals surface area contributed by atoms with Crippen LogP contribution in [0.2, 0.25) is 0 Å². The molecule has 5 nitrogen and oxygen atoms in total. The summed E-state index contributed by atoms with van der Waals surface area (Å²) in [7, 11) is 0. The molecule has 1 aromatic carbocycles. The summed E-state index contributed by atoms with van der Waals surface area (Å²) >= 11 is 0. The lowest BCUT2D eigenvalue weighted by molar-refractivity contribution is -0.386. The Hall–Kier alpha value is -1.93. The van der Waals surface area contributed by atoms with Crippen LogP contribution >= 0.6 is 0 Å². The molecule has 0 spiro atoms. The van der Waals surface area contributed by atoms with Crippen molar-refractivity contribution in [2.45, 2.75) is 26.4 Å². The Morgan fingerprint density at radius 1 is 1.53 bits per heavy atom. The molecule has 5 heteroatoms. The van der Waals surface area contributed by atoms with Gasteiger partial charge in [0, 0.05) is 6.07 Å². The molecule has 0 saturated heterocycles. The Morgan fingerprint density at radius 2 is 2.18 bits per heavy atom. The molecule has 0 amide bonds. The van der Waals surface area contributed by atoms with Crippen molar-refractivity contribution < 1.29 is 10.0 Å². The van der Waals surface area contributed by atoms with E-state index in [1.807, 2.05) is 19.9 Å². The van der Waals surface area contributed by atoms with Gasteiger partial charge < -0.3 is 5.11 Å². The minimum absolute atomic E-state index is 0.142. The summed E-state index contributed by atoms with van der Waals surface area (Å²) in [5.74, 6) is 0.218. The maximum absolute atomic E-state index is 10.8. The van der Waals surface area contributed by atoms with Crippen molar-refractivity contribution in [1.82, 2.24) is 0 Å². The highest BCUT2D eigenvalue weighted by Gasteiger charge is 2.21. The van der Waals surface area contributed by atoms with Gasteiger partial charge in [-0.2, -0.15) is 5.26 Å². The number of benzene rings is 1. The second kappa shape index (κ2) is 5.41. The van der Waals surface area contributed by atoms with Gasteiger partial charge >= 0.3 is 0 Å². The summed E-state index contributed by atoms with van der Waals surface area (Å²) in [6.45, 7) is 3.84. The van der Waals surface area contributed by atoms with Gasteiger partial charge in [0.2, 0.25) is 0 Å². The molecule has 17 heavy (non-hydrogen) atoms. The van der Waals surface area contributed by atoms with Crippen LogP contribution in [-0.4, -0.2) is 10.0 Å². The third-order valence-electron chi connectivity index (χ3n) is 2.41. The van der Waals surface area contributed by atoms with E-state index in [-0.39, 0.29) is 17.2 Å². The van der Waals surface area contributed by atoms with E-state index in [0.29, 0.717) is 12.0 Å². The minimum Gasteiger partial charge on any atom is -0.388 e. The first kappa shape index (κ1) is 13.1. The highest BCUT2D eigenvalue weighted by Crippen LogP contribution is 2.30. The van der Waals surface area contributed by atoms with Crippen molar-refractivity contribution in [1.29, 1.82) is 5.26 Å². The van der Waals surface area contributed by atoms with Crippen LogP contribution in [-0.2, 0) is 0 Å².